The Labute approximate surface area is 69.6 Å². The summed E-state index contributed by atoms with van der Waals surface area (Å²) < 4.78 is 4.86. The SMILES string of the molecule is CNc1ncc(Cl)c(OC)n1. The van der Waals surface area contributed by atoms with Gasteiger partial charge in [-0.3, -0.25) is 0 Å². The molecular weight excluding hydrogens is 166 g/mol. The van der Waals surface area contributed by atoms with Gasteiger partial charge in [0.2, 0.25) is 11.8 Å². The number of hydrogen-bond acceptors (Lipinski definition) is 4. The van der Waals surface area contributed by atoms with Crippen molar-refractivity contribution >= 4 is 17.5 Å². The van der Waals surface area contributed by atoms with Crippen molar-refractivity contribution in [3.8, 4) is 5.88 Å². The summed E-state index contributed by atoms with van der Waals surface area (Å²) in [6.07, 6.45) is 1.49. The van der Waals surface area contributed by atoms with Crippen molar-refractivity contribution in [1.29, 1.82) is 0 Å². The van der Waals surface area contributed by atoms with E-state index >= 15 is 0 Å². The second-order valence-electron chi connectivity index (χ2n) is 1.80. The van der Waals surface area contributed by atoms with Gasteiger partial charge in [0.15, 0.2) is 0 Å². The lowest BCUT2D eigenvalue weighted by atomic mass is 10.6. The largest absolute Gasteiger partial charge is 0.480 e. The summed E-state index contributed by atoms with van der Waals surface area (Å²) in [6, 6.07) is 0. The highest BCUT2D eigenvalue weighted by Gasteiger charge is 2.02. The first kappa shape index (κ1) is 8.07. The number of rotatable bonds is 2. The van der Waals surface area contributed by atoms with E-state index in [9.17, 15) is 0 Å². The van der Waals surface area contributed by atoms with Crippen molar-refractivity contribution in [3.63, 3.8) is 0 Å². The lowest BCUT2D eigenvalue weighted by Gasteiger charge is -2.02. The first-order valence-corrected chi connectivity index (χ1v) is 3.40. The van der Waals surface area contributed by atoms with Crippen LogP contribution in [-0.2, 0) is 0 Å². The molecule has 0 radical (unpaired) electrons. The number of hydrogen-bond donors (Lipinski definition) is 1. The lowest BCUT2D eigenvalue weighted by molar-refractivity contribution is 0.398. The molecule has 4 nitrogen and oxygen atoms in total. The van der Waals surface area contributed by atoms with E-state index in [4.69, 9.17) is 16.3 Å². The Morgan fingerprint density at radius 1 is 1.64 bits per heavy atom. The lowest BCUT2D eigenvalue weighted by Crippen LogP contribution is -1.98. The second kappa shape index (κ2) is 3.39. The molecule has 0 amide bonds. The third-order valence-electron chi connectivity index (χ3n) is 1.13. The third-order valence-corrected chi connectivity index (χ3v) is 1.39. The molecule has 0 bridgehead atoms. The van der Waals surface area contributed by atoms with Crippen LogP contribution in [0.1, 0.15) is 0 Å². The molecule has 0 saturated carbocycles. The average Bonchev–Trinajstić information content (AvgIpc) is 2.05. The molecule has 1 aromatic heterocycles. The first-order valence-electron chi connectivity index (χ1n) is 3.02. The molecule has 0 saturated heterocycles. The van der Waals surface area contributed by atoms with Gasteiger partial charge in [-0.15, -0.1) is 0 Å². The van der Waals surface area contributed by atoms with Gasteiger partial charge >= 0.3 is 0 Å². The zero-order chi connectivity index (χ0) is 8.27. The average molecular weight is 174 g/mol. The molecule has 60 valence electrons. The van der Waals surface area contributed by atoms with Crippen LogP contribution in [0.4, 0.5) is 5.95 Å². The summed E-state index contributed by atoms with van der Waals surface area (Å²) in [5, 5.41) is 3.18. The van der Waals surface area contributed by atoms with Crippen LogP contribution >= 0.6 is 11.6 Å². The second-order valence-corrected chi connectivity index (χ2v) is 2.21. The van der Waals surface area contributed by atoms with E-state index in [1.165, 1.54) is 13.3 Å². The molecule has 0 aliphatic rings. The van der Waals surface area contributed by atoms with Gasteiger partial charge in [0, 0.05) is 7.05 Å². The van der Waals surface area contributed by atoms with E-state index in [0.29, 0.717) is 16.9 Å². The number of methoxy groups -OCH3 is 1. The van der Waals surface area contributed by atoms with Gasteiger partial charge in [-0.25, -0.2) is 4.98 Å². The fourth-order valence-electron chi connectivity index (χ4n) is 0.615. The van der Waals surface area contributed by atoms with Crippen molar-refractivity contribution in [2.24, 2.45) is 0 Å². The van der Waals surface area contributed by atoms with Gasteiger partial charge in [-0.1, -0.05) is 11.6 Å². The summed E-state index contributed by atoms with van der Waals surface area (Å²) >= 11 is 5.68. The molecule has 0 spiro atoms. The third kappa shape index (κ3) is 1.71. The number of nitrogens with one attached hydrogen (secondary N) is 1. The Balaban J connectivity index is 3.02. The topological polar surface area (TPSA) is 47.0 Å². The maximum absolute atomic E-state index is 5.68. The molecule has 0 aromatic carbocycles. The summed E-state index contributed by atoms with van der Waals surface area (Å²) in [5.74, 6) is 0.872. The van der Waals surface area contributed by atoms with Crippen LogP contribution in [0.25, 0.3) is 0 Å². The summed E-state index contributed by atoms with van der Waals surface area (Å²) in [4.78, 5) is 7.80. The maximum atomic E-state index is 5.68. The molecule has 0 fully saturated rings. The van der Waals surface area contributed by atoms with Crippen molar-refractivity contribution in [3.05, 3.63) is 11.2 Å². The predicted molar refractivity (Wildman–Crippen MR) is 43.1 cm³/mol. The Kier molecular flexibility index (Phi) is 2.48. The van der Waals surface area contributed by atoms with Crippen molar-refractivity contribution in [2.45, 2.75) is 0 Å². The van der Waals surface area contributed by atoms with Crippen LogP contribution in [0.2, 0.25) is 5.02 Å². The van der Waals surface area contributed by atoms with Crippen molar-refractivity contribution < 1.29 is 4.74 Å². The molecule has 0 aliphatic carbocycles. The van der Waals surface area contributed by atoms with E-state index in [1.807, 2.05) is 0 Å². The van der Waals surface area contributed by atoms with Gasteiger partial charge < -0.3 is 10.1 Å². The van der Waals surface area contributed by atoms with E-state index in [0.717, 1.165) is 0 Å². The Bertz CT molecular complexity index is 254. The zero-order valence-electron chi connectivity index (χ0n) is 6.26. The van der Waals surface area contributed by atoms with Crippen molar-refractivity contribution in [2.75, 3.05) is 19.5 Å². The van der Waals surface area contributed by atoms with Gasteiger partial charge in [0.1, 0.15) is 5.02 Å². The smallest absolute Gasteiger partial charge is 0.237 e. The van der Waals surface area contributed by atoms with Crippen LogP contribution in [0.5, 0.6) is 5.88 Å². The minimum Gasteiger partial charge on any atom is -0.480 e. The predicted octanol–water partition coefficient (Wildman–Crippen LogP) is 1.18. The Morgan fingerprint density at radius 2 is 2.36 bits per heavy atom. The maximum Gasteiger partial charge on any atom is 0.237 e. The Hall–Kier alpha value is -1.03. The van der Waals surface area contributed by atoms with E-state index in [2.05, 4.69) is 15.3 Å². The number of nitrogens with zero attached hydrogens (tertiary/aromatic N) is 2. The molecule has 1 N–H and O–H groups in total. The van der Waals surface area contributed by atoms with Gasteiger partial charge in [0.25, 0.3) is 0 Å². The minimum atomic E-state index is 0.381. The minimum absolute atomic E-state index is 0.381. The summed E-state index contributed by atoms with van der Waals surface area (Å²) in [6.45, 7) is 0. The van der Waals surface area contributed by atoms with Crippen LogP contribution in [0, 0.1) is 0 Å². The molecule has 0 aliphatic heterocycles. The zero-order valence-corrected chi connectivity index (χ0v) is 7.01. The molecular formula is C6H8ClN3O. The standard InChI is InChI=1S/C6H8ClN3O/c1-8-6-9-3-4(7)5(10-6)11-2/h3H,1-2H3,(H,8,9,10). The van der Waals surface area contributed by atoms with Crippen LogP contribution in [0.3, 0.4) is 0 Å². The van der Waals surface area contributed by atoms with Crippen molar-refractivity contribution in [1.82, 2.24) is 9.97 Å². The summed E-state index contributed by atoms with van der Waals surface area (Å²) in [7, 11) is 3.23. The quantitative estimate of drug-likeness (QED) is 0.730. The van der Waals surface area contributed by atoms with Crippen LogP contribution < -0.4 is 10.1 Å². The molecule has 5 heteroatoms. The monoisotopic (exact) mass is 173 g/mol. The fourth-order valence-corrected chi connectivity index (χ4v) is 0.783. The number of halogens is 1. The number of anilines is 1. The van der Waals surface area contributed by atoms with Gasteiger partial charge in [-0.2, -0.15) is 4.98 Å². The van der Waals surface area contributed by atoms with Gasteiger partial charge in [0.05, 0.1) is 13.3 Å². The molecule has 0 unspecified atom stereocenters. The normalized spacial score (nSPS) is 9.36. The number of aromatic nitrogens is 2. The molecule has 0 atom stereocenters. The molecule has 1 rings (SSSR count). The van der Waals surface area contributed by atoms with Crippen LogP contribution in [0.15, 0.2) is 6.20 Å². The van der Waals surface area contributed by atoms with E-state index in [1.54, 1.807) is 7.05 Å². The van der Waals surface area contributed by atoms with Gasteiger partial charge in [-0.05, 0) is 0 Å². The number of ether oxygens (including phenoxy) is 1. The van der Waals surface area contributed by atoms with E-state index in [-0.39, 0.29) is 0 Å². The highest BCUT2D eigenvalue weighted by Crippen LogP contribution is 2.20. The highest BCUT2D eigenvalue weighted by atomic mass is 35.5. The molecule has 1 aromatic rings. The molecule has 1 heterocycles. The Morgan fingerprint density at radius 3 is 2.91 bits per heavy atom. The summed E-state index contributed by atoms with van der Waals surface area (Å²) in [5.41, 5.74) is 0. The van der Waals surface area contributed by atoms with E-state index < -0.39 is 0 Å². The first-order chi connectivity index (χ1) is 5.27. The molecule has 11 heavy (non-hydrogen) atoms. The highest BCUT2D eigenvalue weighted by molar-refractivity contribution is 6.31. The fraction of sp³-hybridized carbons (Fsp3) is 0.333. The van der Waals surface area contributed by atoms with Crippen LogP contribution in [-0.4, -0.2) is 24.1 Å².